The SMILES string of the molecule is CC/C=C\C/C=C\C/C=C\C/C=C\C/C=C\C/C=C\C/C=C\C/C=C\CCCCCCCCCCCCCCCCCCC(=O)OC(CO)COC(=O)CCCCCCCCCCCCCCCCCCCCC/C=C\C/C=C\C/C=C\C/C=C\C/C=C\CC. The molecular weight excluding hydrogens is 1100 g/mol. The highest BCUT2D eigenvalue weighted by molar-refractivity contribution is 5.70. The van der Waals surface area contributed by atoms with Crippen LogP contribution >= 0.6 is 0 Å². The number of aliphatic hydroxyl groups is 1. The Morgan fingerprint density at radius 3 is 0.667 bits per heavy atom. The van der Waals surface area contributed by atoms with Gasteiger partial charge in [-0.3, -0.25) is 9.59 Å². The minimum absolute atomic E-state index is 0.0683. The molecule has 0 saturated heterocycles. The Morgan fingerprint density at radius 1 is 0.256 bits per heavy atom. The molecule has 0 spiro atoms. The Kier molecular flexibility index (Phi) is 74.8. The maximum Gasteiger partial charge on any atom is 0.306 e. The summed E-state index contributed by atoms with van der Waals surface area (Å²) in [6, 6.07) is 0. The molecule has 512 valence electrons. The highest BCUT2D eigenvalue weighted by atomic mass is 16.6. The lowest BCUT2D eigenvalue weighted by molar-refractivity contribution is -0.161. The van der Waals surface area contributed by atoms with Crippen molar-refractivity contribution < 1.29 is 24.2 Å². The zero-order chi connectivity index (χ0) is 64.7. The van der Waals surface area contributed by atoms with Crippen molar-refractivity contribution in [2.45, 2.75) is 354 Å². The monoisotopic (exact) mass is 1240 g/mol. The third-order valence-electron chi connectivity index (χ3n) is 16.3. The van der Waals surface area contributed by atoms with Crippen molar-refractivity contribution in [2.24, 2.45) is 0 Å². The van der Waals surface area contributed by atoms with Crippen molar-refractivity contribution >= 4 is 11.9 Å². The molecular formula is C85H142O5. The molecule has 0 bridgehead atoms. The van der Waals surface area contributed by atoms with Gasteiger partial charge in [0.25, 0.3) is 0 Å². The van der Waals surface area contributed by atoms with E-state index in [-0.39, 0.29) is 25.2 Å². The summed E-state index contributed by atoms with van der Waals surface area (Å²) in [5, 5.41) is 9.72. The molecule has 0 heterocycles. The van der Waals surface area contributed by atoms with Crippen LogP contribution in [0.4, 0.5) is 0 Å². The number of ether oxygens (including phenoxy) is 2. The van der Waals surface area contributed by atoms with E-state index in [4.69, 9.17) is 9.47 Å². The summed E-state index contributed by atoms with van der Waals surface area (Å²) in [5.74, 6) is -0.582. The summed E-state index contributed by atoms with van der Waals surface area (Å²) in [6.45, 7) is 3.94. The first-order chi connectivity index (χ1) is 44.6. The first-order valence-electron chi connectivity index (χ1n) is 38.0. The summed E-state index contributed by atoms with van der Waals surface area (Å²) in [7, 11) is 0. The number of hydrogen-bond acceptors (Lipinski definition) is 5. The summed E-state index contributed by atoms with van der Waals surface area (Å²) in [4.78, 5) is 24.7. The fourth-order valence-corrected chi connectivity index (χ4v) is 10.7. The predicted octanol–water partition coefficient (Wildman–Crippen LogP) is 27.0. The minimum atomic E-state index is -0.780. The molecule has 0 aromatic rings. The predicted molar refractivity (Wildman–Crippen MR) is 398 cm³/mol. The van der Waals surface area contributed by atoms with Crippen molar-refractivity contribution in [1.82, 2.24) is 0 Å². The van der Waals surface area contributed by atoms with E-state index >= 15 is 0 Å². The number of carbonyl (C=O) groups is 2. The van der Waals surface area contributed by atoms with Crippen molar-refractivity contribution in [1.29, 1.82) is 0 Å². The molecule has 5 nitrogen and oxygen atoms in total. The molecule has 0 amide bonds. The van der Waals surface area contributed by atoms with Gasteiger partial charge in [-0.05, 0) is 122 Å². The van der Waals surface area contributed by atoms with E-state index in [1.165, 1.54) is 199 Å². The second-order valence-electron chi connectivity index (χ2n) is 25.0. The van der Waals surface area contributed by atoms with E-state index < -0.39 is 6.10 Å². The molecule has 0 rings (SSSR count). The molecule has 0 aromatic carbocycles. The molecule has 0 aliphatic rings. The van der Waals surface area contributed by atoms with Crippen LogP contribution in [0.1, 0.15) is 348 Å². The van der Waals surface area contributed by atoms with E-state index in [0.717, 1.165) is 122 Å². The Labute approximate surface area is 558 Å². The van der Waals surface area contributed by atoms with Gasteiger partial charge in [-0.15, -0.1) is 0 Å². The Balaban J connectivity index is 3.47. The van der Waals surface area contributed by atoms with Crippen molar-refractivity contribution in [3.63, 3.8) is 0 Å². The summed E-state index contributed by atoms with van der Waals surface area (Å²) >= 11 is 0. The zero-order valence-corrected chi connectivity index (χ0v) is 58.9. The first-order valence-corrected chi connectivity index (χ1v) is 38.0. The smallest absolute Gasteiger partial charge is 0.306 e. The summed E-state index contributed by atoms with van der Waals surface area (Å²) in [6.07, 6.45) is 120. The molecule has 90 heavy (non-hydrogen) atoms. The Hall–Kier alpha value is -4.48. The molecule has 1 N–H and O–H groups in total. The van der Waals surface area contributed by atoms with Crippen LogP contribution in [0.25, 0.3) is 0 Å². The Morgan fingerprint density at radius 2 is 0.444 bits per heavy atom. The number of unbranched alkanes of at least 4 members (excludes halogenated alkanes) is 35. The lowest BCUT2D eigenvalue weighted by Crippen LogP contribution is -2.28. The van der Waals surface area contributed by atoms with Crippen LogP contribution in [-0.4, -0.2) is 36.4 Å². The highest BCUT2D eigenvalue weighted by Crippen LogP contribution is 2.18. The van der Waals surface area contributed by atoms with Crippen LogP contribution < -0.4 is 0 Å². The molecule has 1 atom stereocenters. The number of carbonyl (C=O) groups excluding carboxylic acids is 2. The molecule has 1 unspecified atom stereocenters. The van der Waals surface area contributed by atoms with E-state index in [9.17, 15) is 14.7 Å². The van der Waals surface area contributed by atoms with E-state index in [2.05, 4.69) is 172 Å². The van der Waals surface area contributed by atoms with E-state index in [0.29, 0.717) is 12.8 Å². The summed E-state index contributed by atoms with van der Waals surface area (Å²) < 4.78 is 10.8. The van der Waals surface area contributed by atoms with Gasteiger partial charge in [0.05, 0.1) is 6.61 Å². The van der Waals surface area contributed by atoms with Crippen LogP contribution in [0, 0.1) is 0 Å². The molecule has 0 aliphatic carbocycles. The van der Waals surface area contributed by atoms with Gasteiger partial charge in [-0.1, -0.05) is 371 Å². The molecule has 0 aliphatic heterocycles. The number of rotatable bonds is 69. The highest BCUT2D eigenvalue weighted by Gasteiger charge is 2.16. The van der Waals surface area contributed by atoms with Gasteiger partial charge < -0.3 is 14.6 Å². The largest absolute Gasteiger partial charge is 0.462 e. The maximum atomic E-state index is 12.4. The second-order valence-corrected chi connectivity index (χ2v) is 25.0. The van der Waals surface area contributed by atoms with E-state index in [1.807, 2.05) is 0 Å². The van der Waals surface area contributed by atoms with Crippen LogP contribution in [0.15, 0.2) is 158 Å². The zero-order valence-electron chi connectivity index (χ0n) is 58.9. The molecule has 0 saturated carbocycles. The van der Waals surface area contributed by atoms with Crippen molar-refractivity contribution in [2.75, 3.05) is 13.2 Å². The van der Waals surface area contributed by atoms with Crippen LogP contribution in [0.5, 0.6) is 0 Å². The lowest BCUT2D eigenvalue weighted by Gasteiger charge is -2.15. The quantitative estimate of drug-likeness (QED) is 0.0373. The average Bonchev–Trinajstić information content (AvgIpc) is 3.60. The van der Waals surface area contributed by atoms with Gasteiger partial charge in [-0.2, -0.15) is 0 Å². The standard InChI is InChI=1S/C85H142O5/c1-3-5-7-9-11-13-15-17-19-21-23-25-27-29-31-33-35-37-39-40-41-42-43-44-46-48-50-52-54-56-58-60-62-64-66-68-70-72-74-76-78-80-85(88)90-83(81-86)82-89-84(87)79-77-75-73-71-69-67-65-63-61-59-57-55-53-51-49-47-45-38-36-34-32-30-28-26-24-22-20-18-16-14-12-10-8-6-4-2/h5-8,11-14,17-20,23-26,29-32,35,37,40-41,43-44,83,86H,3-4,9-10,15-16,21-22,27-28,33-34,36,38-39,42,45-82H2,1-2H3/b7-5-,8-6-,13-11-,14-12-,19-17-,20-18-,25-23-,26-24-,31-29-,32-30-,37-35-,41-40-,44-43-. The van der Waals surface area contributed by atoms with Gasteiger partial charge in [-0.25, -0.2) is 0 Å². The average molecular weight is 1240 g/mol. The molecule has 0 fully saturated rings. The molecule has 5 heteroatoms. The Bertz CT molecular complexity index is 1900. The first kappa shape index (κ1) is 85.5. The fourth-order valence-electron chi connectivity index (χ4n) is 10.7. The number of allylic oxidation sites excluding steroid dienone is 26. The van der Waals surface area contributed by atoms with Gasteiger partial charge in [0, 0.05) is 12.8 Å². The third kappa shape index (κ3) is 76.0. The van der Waals surface area contributed by atoms with Crippen LogP contribution in [0.2, 0.25) is 0 Å². The molecule has 0 aromatic heterocycles. The summed E-state index contributed by atoms with van der Waals surface area (Å²) in [5.41, 5.74) is 0. The third-order valence-corrected chi connectivity index (χ3v) is 16.3. The van der Waals surface area contributed by atoms with Gasteiger partial charge in [0.2, 0.25) is 0 Å². The van der Waals surface area contributed by atoms with Crippen LogP contribution in [0.3, 0.4) is 0 Å². The second kappa shape index (κ2) is 78.8. The minimum Gasteiger partial charge on any atom is -0.462 e. The van der Waals surface area contributed by atoms with Crippen LogP contribution in [-0.2, 0) is 19.1 Å². The van der Waals surface area contributed by atoms with Gasteiger partial charge in [0.15, 0.2) is 6.10 Å². The molecule has 0 radical (unpaired) electrons. The van der Waals surface area contributed by atoms with E-state index in [1.54, 1.807) is 0 Å². The fraction of sp³-hybridized carbons (Fsp3) is 0.671. The topological polar surface area (TPSA) is 72.8 Å². The number of esters is 2. The van der Waals surface area contributed by atoms with Crippen molar-refractivity contribution in [3.8, 4) is 0 Å². The normalized spacial score (nSPS) is 13.1. The number of hydrogen-bond donors (Lipinski definition) is 1. The lowest BCUT2D eigenvalue weighted by atomic mass is 10.0. The van der Waals surface area contributed by atoms with Gasteiger partial charge in [0.1, 0.15) is 6.61 Å². The van der Waals surface area contributed by atoms with Crippen molar-refractivity contribution in [3.05, 3.63) is 158 Å². The maximum absolute atomic E-state index is 12.4. The van der Waals surface area contributed by atoms with Gasteiger partial charge >= 0.3 is 11.9 Å². The number of aliphatic hydroxyl groups excluding tert-OH is 1.